The van der Waals surface area contributed by atoms with Crippen LogP contribution in [0.3, 0.4) is 0 Å². The van der Waals surface area contributed by atoms with Gasteiger partial charge in [0.1, 0.15) is 6.04 Å². The Kier molecular flexibility index (Phi) is 7.12. The molecule has 2 aromatic carbocycles. The number of imide groups is 1. The van der Waals surface area contributed by atoms with Crippen LogP contribution in [0.15, 0.2) is 42.1 Å². The highest BCUT2D eigenvalue weighted by Gasteiger charge is 2.40. The van der Waals surface area contributed by atoms with E-state index in [0.717, 1.165) is 40.7 Å². The number of benzene rings is 2. The number of piperidine rings is 1. The van der Waals surface area contributed by atoms with Crippen molar-refractivity contribution in [2.75, 3.05) is 4.90 Å². The van der Waals surface area contributed by atoms with Gasteiger partial charge >= 0.3 is 0 Å². The van der Waals surface area contributed by atoms with E-state index in [1.165, 1.54) is 25.5 Å². The average molecular weight is 515 g/mol. The van der Waals surface area contributed by atoms with E-state index in [-0.39, 0.29) is 18.2 Å². The van der Waals surface area contributed by atoms with E-state index in [0.29, 0.717) is 35.5 Å². The molecule has 0 aromatic heterocycles. The van der Waals surface area contributed by atoms with Gasteiger partial charge in [-0.25, -0.2) is 0 Å². The van der Waals surface area contributed by atoms with Crippen LogP contribution in [0, 0.1) is 16.7 Å². The SMILES string of the molecule is CC(C)(C)C[C@H]1CC[C@H](N/C=C(\C=N)Cc2ccc3c4c(cccc24)C(=O)N3C2CCC(=O)NC2=O)CC1. The second kappa shape index (κ2) is 10.4. The maximum atomic E-state index is 13.4. The summed E-state index contributed by atoms with van der Waals surface area (Å²) in [6.07, 6.45) is 10.6. The van der Waals surface area contributed by atoms with Crippen LogP contribution in [0.2, 0.25) is 0 Å². The Balaban J connectivity index is 1.33. The van der Waals surface area contributed by atoms with E-state index < -0.39 is 11.9 Å². The number of anilines is 1. The number of carbonyl (C=O) groups excluding carboxylic acids is 3. The predicted octanol–water partition coefficient (Wildman–Crippen LogP) is 5.27. The van der Waals surface area contributed by atoms with E-state index >= 15 is 0 Å². The maximum absolute atomic E-state index is 13.4. The van der Waals surface area contributed by atoms with Crippen molar-refractivity contribution >= 4 is 40.4 Å². The lowest BCUT2D eigenvalue weighted by molar-refractivity contribution is -0.134. The van der Waals surface area contributed by atoms with Crippen molar-refractivity contribution in [1.29, 1.82) is 5.41 Å². The van der Waals surface area contributed by atoms with E-state index in [1.807, 2.05) is 30.5 Å². The molecule has 3 amide bonds. The fraction of sp³-hybridized carbons (Fsp3) is 0.484. The Bertz CT molecular complexity index is 1310. The van der Waals surface area contributed by atoms with Crippen LogP contribution in [0.5, 0.6) is 0 Å². The standard InChI is InChI=1S/C31H38N4O3/c1-31(2,3)16-19-7-10-22(11-8-19)33-18-20(17-32)15-21-9-12-25-28-23(21)5-4-6-24(28)30(38)35(25)26-13-14-27(36)34-29(26)37/h4-6,9,12,17-19,22,26,32-33H,7-8,10-11,13-16H2,1-3H3,(H,34,36,37)/b20-18-,32-17?/t19-,22-,26?. The van der Waals surface area contributed by atoms with E-state index in [9.17, 15) is 14.4 Å². The van der Waals surface area contributed by atoms with E-state index in [4.69, 9.17) is 5.41 Å². The fourth-order valence-corrected chi connectivity index (χ4v) is 6.45. The molecule has 3 N–H and O–H groups in total. The van der Waals surface area contributed by atoms with Crippen molar-refractivity contribution in [3.8, 4) is 0 Å². The predicted molar refractivity (Wildman–Crippen MR) is 150 cm³/mol. The maximum Gasteiger partial charge on any atom is 0.259 e. The fourth-order valence-electron chi connectivity index (χ4n) is 6.45. The Morgan fingerprint density at radius 3 is 2.53 bits per heavy atom. The van der Waals surface area contributed by atoms with Crippen molar-refractivity contribution in [3.63, 3.8) is 0 Å². The first-order chi connectivity index (χ1) is 18.1. The van der Waals surface area contributed by atoms with Crippen molar-refractivity contribution in [2.24, 2.45) is 11.3 Å². The number of nitrogens with zero attached hydrogens (tertiary/aromatic N) is 1. The molecular formula is C31H38N4O3. The highest BCUT2D eigenvalue weighted by Crippen LogP contribution is 2.41. The average Bonchev–Trinajstić information content (AvgIpc) is 3.16. The van der Waals surface area contributed by atoms with Crippen LogP contribution < -0.4 is 15.5 Å². The number of allylic oxidation sites excluding steroid dienone is 1. The third kappa shape index (κ3) is 5.24. The minimum absolute atomic E-state index is 0.205. The molecule has 1 aliphatic carbocycles. The van der Waals surface area contributed by atoms with Gasteiger partial charge in [0.05, 0.1) is 5.69 Å². The topological polar surface area (TPSA) is 102 Å². The lowest BCUT2D eigenvalue weighted by Gasteiger charge is -2.32. The van der Waals surface area contributed by atoms with Gasteiger partial charge < -0.3 is 10.7 Å². The van der Waals surface area contributed by atoms with Gasteiger partial charge in [-0.15, -0.1) is 0 Å². The summed E-state index contributed by atoms with van der Waals surface area (Å²) >= 11 is 0. The van der Waals surface area contributed by atoms with Crippen LogP contribution in [0.25, 0.3) is 10.8 Å². The Morgan fingerprint density at radius 2 is 1.84 bits per heavy atom. The number of amides is 3. The van der Waals surface area contributed by atoms with Gasteiger partial charge in [-0.05, 0) is 78.5 Å². The summed E-state index contributed by atoms with van der Waals surface area (Å²) in [5, 5.41) is 15.8. The molecule has 7 nitrogen and oxygen atoms in total. The van der Waals surface area contributed by atoms with Gasteiger partial charge in [0, 0.05) is 42.2 Å². The zero-order chi connectivity index (χ0) is 27.0. The van der Waals surface area contributed by atoms with Crippen LogP contribution in [-0.2, 0) is 16.0 Å². The molecule has 1 saturated heterocycles. The van der Waals surface area contributed by atoms with Gasteiger partial charge in [-0.1, -0.05) is 39.0 Å². The summed E-state index contributed by atoms with van der Waals surface area (Å²) in [5.41, 5.74) is 3.59. The van der Waals surface area contributed by atoms with Crippen LogP contribution in [0.1, 0.15) is 81.6 Å². The molecule has 2 aliphatic heterocycles. The monoisotopic (exact) mass is 514 g/mol. The first-order valence-electron chi connectivity index (χ1n) is 13.8. The minimum Gasteiger partial charge on any atom is -0.388 e. The van der Waals surface area contributed by atoms with Crippen LogP contribution in [-0.4, -0.2) is 36.0 Å². The molecule has 1 unspecified atom stereocenters. The summed E-state index contributed by atoms with van der Waals surface area (Å²) in [7, 11) is 0. The Labute approximate surface area is 224 Å². The molecule has 5 rings (SSSR count). The van der Waals surface area contributed by atoms with Gasteiger partial charge in [-0.2, -0.15) is 0 Å². The number of rotatable bonds is 7. The lowest BCUT2D eigenvalue weighted by atomic mass is 9.76. The third-order valence-corrected chi connectivity index (χ3v) is 8.17. The summed E-state index contributed by atoms with van der Waals surface area (Å²) in [4.78, 5) is 39.2. The van der Waals surface area contributed by atoms with Crippen LogP contribution >= 0.6 is 0 Å². The molecule has 0 spiro atoms. The van der Waals surface area contributed by atoms with Crippen LogP contribution in [0.4, 0.5) is 5.69 Å². The van der Waals surface area contributed by atoms with Gasteiger partial charge in [0.2, 0.25) is 11.8 Å². The molecular weight excluding hydrogens is 476 g/mol. The third-order valence-electron chi connectivity index (χ3n) is 8.17. The largest absolute Gasteiger partial charge is 0.388 e. The molecule has 2 heterocycles. The van der Waals surface area contributed by atoms with Crippen molar-refractivity contribution in [3.05, 3.63) is 53.2 Å². The Hall–Kier alpha value is -3.48. The molecule has 1 saturated carbocycles. The zero-order valence-electron chi connectivity index (χ0n) is 22.6. The number of nitrogens with one attached hydrogen (secondary N) is 3. The summed E-state index contributed by atoms with van der Waals surface area (Å²) in [6, 6.07) is 9.32. The zero-order valence-corrected chi connectivity index (χ0v) is 22.6. The van der Waals surface area contributed by atoms with Crippen molar-refractivity contribution in [1.82, 2.24) is 10.6 Å². The minimum atomic E-state index is -0.693. The number of hydrogen-bond acceptors (Lipinski definition) is 5. The van der Waals surface area contributed by atoms with Gasteiger partial charge in [0.25, 0.3) is 5.91 Å². The number of hydrogen-bond donors (Lipinski definition) is 3. The molecule has 7 heteroatoms. The first-order valence-corrected chi connectivity index (χ1v) is 13.8. The molecule has 0 bridgehead atoms. The summed E-state index contributed by atoms with van der Waals surface area (Å²) < 4.78 is 0. The second-order valence-corrected chi connectivity index (χ2v) is 12.3. The second-order valence-electron chi connectivity index (χ2n) is 12.3. The summed E-state index contributed by atoms with van der Waals surface area (Å²) in [5.74, 6) is -0.125. The molecule has 0 radical (unpaired) electrons. The smallest absolute Gasteiger partial charge is 0.259 e. The molecule has 2 fully saturated rings. The van der Waals surface area contributed by atoms with Crippen molar-refractivity contribution < 1.29 is 14.4 Å². The molecule has 1 atom stereocenters. The first kappa shape index (κ1) is 26.1. The van der Waals surface area contributed by atoms with E-state index in [1.54, 1.807) is 11.0 Å². The molecule has 38 heavy (non-hydrogen) atoms. The lowest BCUT2D eigenvalue weighted by Crippen LogP contribution is -2.53. The van der Waals surface area contributed by atoms with Gasteiger partial charge in [-0.3, -0.25) is 24.6 Å². The van der Waals surface area contributed by atoms with Gasteiger partial charge in [0.15, 0.2) is 0 Å². The van der Waals surface area contributed by atoms with Crippen molar-refractivity contribution in [2.45, 2.75) is 84.2 Å². The highest BCUT2D eigenvalue weighted by molar-refractivity contribution is 6.27. The quantitative estimate of drug-likeness (QED) is 0.346. The highest BCUT2D eigenvalue weighted by atomic mass is 16.2. The molecule has 3 aliphatic rings. The molecule has 200 valence electrons. The molecule has 2 aromatic rings. The number of carbonyl (C=O) groups is 3. The Morgan fingerprint density at radius 1 is 1.08 bits per heavy atom. The summed E-state index contributed by atoms with van der Waals surface area (Å²) in [6.45, 7) is 6.96. The van der Waals surface area contributed by atoms with E-state index in [2.05, 4.69) is 31.4 Å². The normalized spacial score (nSPS) is 24.1.